The van der Waals surface area contributed by atoms with Gasteiger partial charge in [-0.3, -0.25) is 0 Å². The minimum atomic E-state index is -0.951. The Morgan fingerprint density at radius 3 is 1.68 bits per heavy atom. The minimum Gasteiger partial charge on any atom is -0.550 e. The molecule has 0 bridgehead atoms. The van der Waals surface area contributed by atoms with Crippen LogP contribution in [0.2, 0.25) is 0 Å². The maximum absolute atomic E-state index is 10.2. The fourth-order valence-corrected chi connectivity index (χ4v) is 2.42. The van der Waals surface area contributed by atoms with Crippen molar-refractivity contribution in [1.82, 2.24) is 0 Å². The molecule has 0 aromatic carbocycles. The van der Waals surface area contributed by atoms with Gasteiger partial charge >= 0.3 is 29.6 Å². The Morgan fingerprint density at radius 1 is 0.840 bits per heavy atom. The smallest absolute Gasteiger partial charge is 0.550 e. The summed E-state index contributed by atoms with van der Waals surface area (Å²) >= 11 is 0. The molecule has 0 radical (unpaired) electrons. The van der Waals surface area contributed by atoms with Gasteiger partial charge in [0, 0.05) is 5.97 Å². The van der Waals surface area contributed by atoms with E-state index in [1.54, 1.807) is 0 Å². The maximum Gasteiger partial charge on any atom is 1.00 e. The van der Waals surface area contributed by atoms with E-state index in [1.165, 1.54) is 38.5 Å². The van der Waals surface area contributed by atoms with Gasteiger partial charge in [0.15, 0.2) is 0 Å². The predicted octanol–water partition coefficient (Wildman–Crippen LogP) is 1.42. The van der Waals surface area contributed by atoms with Crippen LogP contribution in [0.5, 0.6) is 0 Å². The number of carbonyl (C=O) groups is 1. The number of unbranched alkanes of at least 4 members (excludes halogenated alkanes) is 8. The van der Waals surface area contributed by atoms with E-state index in [4.69, 9.17) is 5.11 Å². The quantitative estimate of drug-likeness (QED) is 0.250. The van der Waals surface area contributed by atoms with Crippen LogP contribution >= 0.6 is 13.5 Å². The van der Waals surface area contributed by atoms with Crippen molar-refractivity contribution in [3.05, 3.63) is 24.3 Å². The zero-order valence-corrected chi connectivity index (χ0v) is 19.3. The Labute approximate surface area is 184 Å². The van der Waals surface area contributed by atoms with E-state index in [9.17, 15) is 9.90 Å². The third-order valence-corrected chi connectivity index (χ3v) is 3.82. The number of allylic oxidation sites excluding steroid dienone is 4. The first-order valence-electron chi connectivity index (χ1n) is 9.31. The Hall–Kier alpha value is 0.260. The van der Waals surface area contributed by atoms with Gasteiger partial charge in [0.2, 0.25) is 0 Å². The second-order valence-electron chi connectivity index (χ2n) is 6.33. The van der Waals surface area contributed by atoms with Crippen LogP contribution in [-0.2, 0) is 4.79 Å². The topological polar surface area (TPSA) is 60.4 Å². The summed E-state index contributed by atoms with van der Waals surface area (Å²) in [6.07, 6.45) is 22.0. The van der Waals surface area contributed by atoms with Gasteiger partial charge in [-0.15, -0.1) is 0 Å². The molecule has 0 saturated carbocycles. The summed E-state index contributed by atoms with van der Waals surface area (Å²) in [6.45, 7) is 1.84. The van der Waals surface area contributed by atoms with E-state index in [-0.39, 0.29) is 55.6 Å². The molecule has 25 heavy (non-hydrogen) atoms. The van der Waals surface area contributed by atoms with Crippen LogP contribution in [0.3, 0.4) is 0 Å². The van der Waals surface area contributed by atoms with E-state index < -0.39 is 5.97 Å². The van der Waals surface area contributed by atoms with Crippen LogP contribution in [0.4, 0.5) is 0 Å². The molecule has 0 spiro atoms. The van der Waals surface area contributed by atoms with E-state index in [0.717, 1.165) is 32.1 Å². The number of aliphatic hydroxyl groups is 1. The average molecular weight is 381 g/mol. The van der Waals surface area contributed by atoms with E-state index in [1.807, 2.05) is 6.92 Å². The van der Waals surface area contributed by atoms with Gasteiger partial charge in [-0.25, -0.2) is 0 Å². The first-order valence-corrected chi connectivity index (χ1v) is 9.31. The van der Waals surface area contributed by atoms with Crippen LogP contribution < -0.4 is 34.7 Å². The van der Waals surface area contributed by atoms with E-state index >= 15 is 0 Å². The summed E-state index contributed by atoms with van der Waals surface area (Å²) in [7, 11) is 0. The fraction of sp³-hybridized carbons (Fsp3) is 0.750. The molecule has 0 heterocycles. The van der Waals surface area contributed by atoms with Crippen LogP contribution in [0, 0.1) is 0 Å². The summed E-state index contributed by atoms with van der Waals surface area (Å²) < 4.78 is 0. The molecule has 142 valence electrons. The molecule has 5 heteroatoms. The molecule has 0 aliphatic carbocycles. The largest absolute Gasteiger partial charge is 1.00 e. The molecule has 0 aromatic rings. The van der Waals surface area contributed by atoms with Crippen molar-refractivity contribution >= 4 is 19.5 Å². The second kappa shape index (κ2) is 24.3. The third kappa shape index (κ3) is 29.3. The molecule has 0 unspecified atom stereocenters. The molecular weight excluding hydrogens is 343 g/mol. The SMILES string of the molecule is C[C@H](O)CCC/C=C\CCCCCCC/C=C\CCCC(=O)[O-].S.[Na+]. The molecule has 0 aliphatic rings. The van der Waals surface area contributed by atoms with Gasteiger partial charge < -0.3 is 15.0 Å². The van der Waals surface area contributed by atoms with E-state index in [0.29, 0.717) is 6.42 Å². The molecule has 0 fully saturated rings. The van der Waals surface area contributed by atoms with Crippen LogP contribution in [0.15, 0.2) is 24.3 Å². The summed E-state index contributed by atoms with van der Waals surface area (Å²) in [6, 6.07) is 0. The Morgan fingerprint density at radius 2 is 1.24 bits per heavy atom. The second-order valence-corrected chi connectivity index (χ2v) is 6.33. The number of hydrogen-bond acceptors (Lipinski definition) is 3. The summed E-state index contributed by atoms with van der Waals surface area (Å²) in [5.74, 6) is -0.951. The minimum absolute atomic E-state index is 0. The number of carboxylic acids is 1. The molecule has 0 aromatic heterocycles. The third-order valence-electron chi connectivity index (χ3n) is 3.82. The van der Waals surface area contributed by atoms with Crippen LogP contribution in [0.25, 0.3) is 0 Å². The first-order chi connectivity index (χ1) is 11.1. The van der Waals surface area contributed by atoms with Crippen molar-refractivity contribution in [2.24, 2.45) is 0 Å². The summed E-state index contributed by atoms with van der Waals surface area (Å²) in [5.41, 5.74) is 0. The summed E-state index contributed by atoms with van der Waals surface area (Å²) in [4.78, 5) is 10.2. The molecule has 0 amide bonds. The molecule has 0 aliphatic heterocycles. The number of aliphatic hydroxyl groups excluding tert-OH is 1. The van der Waals surface area contributed by atoms with E-state index in [2.05, 4.69) is 24.3 Å². The molecule has 0 saturated heterocycles. The standard InChI is InChI=1S/C20H36O3.Na.H2S/c1-19(21)17-15-13-11-9-7-5-3-2-4-6-8-10-12-14-16-18-20(22)23;;/h9-12,19,21H,2-8,13-18H2,1H3,(H,22,23);;1H2/q;+1;/p-1/b11-9-,12-10-;;/t19-;;/m0../s1. The van der Waals surface area contributed by atoms with Crippen molar-refractivity contribution in [3.63, 3.8) is 0 Å². The molecule has 0 rings (SSSR count). The molecular formula is C20H37NaO3S. The average Bonchev–Trinajstić information content (AvgIpc) is 2.49. The van der Waals surface area contributed by atoms with Crippen molar-refractivity contribution < 1.29 is 44.6 Å². The van der Waals surface area contributed by atoms with Crippen molar-refractivity contribution in [2.45, 2.75) is 96.5 Å². The Kier molecular flexibility index (Phi) is 29.1. The predicted molar refractivity (Wildman–Crippen MR) is 105 cm³/mol. The van der Waals surface area contributed by atoms with Gasteiger partial charge in [0.1, 0.15) is 0 Å². The van der Waals surface area contributed by atoms with Gasteiger partial charge in [0.05, 0.1) is 6.10 Å². The first kappa shape index (κ1) is 30.0. The van der Waals surface area contributed by atoms with Crippen molar-refractivity contribution in [2.75, 3.05) is 0 Å². The van der Waals surface area contributed by atoms with Crippen LogP contribution in [0.1, 0.15) is 90.4 Å². The van der Waals surface area contributed by atoms with Crippen LogP contribution in [-0.4, -0.2) is 17.2 Å². The monoisotopic (exact) mass is 380 g/mol. The number of carbonyl (C=O) groups excluding carboxylic acids is 1. The van der Waals surface area contributed by atoms with Crippen molar-refractivity contribution in [1.29, 1.82) is 0 Å². The number of aliphatic carboxylic acids is 1. The molecule has 3 nitrogen and oxygen atoms in total. The Bertz CT molecular complexity index is 331. The van der Waals surface area contributed by atoms with Gasteiger partial charge in [-0.1, -0.05) is 43.6 Å². The van der Waals surface area contributed by atoms with Gasteiger partial charge in [0.25, 0.3) is 0 Å². The Balaban J connectivity index is -0.00000242. The zero-order valence-electron chi connectivity index (χ0n) is 16.3. The maximum atomic E-state index is 10.2. The van der Waals surface area contributed by atoms with Crippen molar-refractivity contribution in [3.8, 4) is 0 Å². The fourth-order valence-electron chi connectivity index (χ4n) is 2.42. The molecule has 1 atom stereocenters. The number of hydrogen-bond donors (Lipinski definition) is 1. The van der Waals surface area contributed by atoms with Gasteiger partial charge in [-0.05, 0) is 71.1 Å². The summed E-state index contributed by atoms with van der Waals surface area (Å²) in [5, 5.41) is 19.4. The van der Waals surface area contributed by atoms with Gasteiger partial charge in [-0.2, -0.15) is 13.5 Å². The normalized spacial score (nSPS) is 12.1. The zero-order chi connectivity index (χ0) is 17.2. The molecule has 1 N–H and O–H groups in total. The number of carboxylic acid groups (broad SMARTS) is 1. The number of rotatable bonds is 16.